The number of nitrogens with one attached hydrogen (secondary N) is 1. The fourth-order valence-electron chi connectivity index (χ4n) is 6.36. The van der Waals surface area contributed by atoms with Gasteiger partial charge in [0, 0.05) is 37.7 Å². The highest BCUT2D eigenvalue weighted by Gasteiger charge is 2.30. The first-order valence-electron chi connectivity index (χ1n) is 15.2. The van der Waals surface area contributed by atoms with E-state index in [0.29, 0.717) is 24.3 Å². The van der Waals surface area contributed by atoms with Crippen molar-refractivity contribution >= 4 is 19.8 Å². The number of aryl methyl sites for hydroxylation is 1. The zero-order chi connectivity index (χ0) is 28.9. The topological polar surface area (TPSA) is 115 Å². The van der Waals surface area contributed by atoms with Crippen LogP contribution in [0.2, 0.25) is 25.7 Å². The lowest BCUT2D eigenvalue weighted by Crippen LogP contribution is -2.29. The van der Waals surface area contributed by atoms with Crippen molar-refractivity contribution in [1.82, 2.24) is 14.8 Å². The lowest BCUT2D eigenvalue weighted by atomic mass is 9.73. The van der Waals surface area contributed by atoms with Gasteiger partial charge in [-0.05, 0) is 69.1 Å². The van der Waals surface area contributed by atoms with Crippen molar-refractivity contribution in [1.29, 1.82) is 0 Å². The number of nitrogens with zero attached hydrogens (tertiary/aromatic N) is 3. The third-order valence-corrected chi connectivity index (χ3v) is 10.3. The Morgan fingerprint density at radius 1 is 1.07 bits per heavy atom. The predicted molar refractivity (Wildman–Crippen MR) is 164 cm³/mol. The standard InChI is InChI=1S/C31H49N5O3Si/c1-21-27(22(2)36(35-21)20-39-16-17-40(3,4)5)25-18-26(37)30(33-19-25)34-31(38)29(32)28(23-12-8-6-9-13-23)24-14-10-7-11-15-24/h18-19,23-24,37H,6-17,20,32H2,1-5H3,(H,33,34,38). The van der Waals surface area contributed by atoms with Crippen LogP contribution in [0, 0.1) is 25.7 Å². The first-order chi connectivity index (χ1) is 19.0. The highest BCUT2D eigenvalue weighted by molar-refractivity contribution is 6.76. The number of pyridine rings is 1. The maximum atomic E-state index is 13.4. The monoisotopic (exact) mass is 567 g/mol. The summed E-state index contributed by atoms with van der Waals surface area (Å²) in [6, 6.07) is 2.74. The van der Waals surface area contributed by atoms with Crippen molar-refractivity contribution in [2.24, 2.45) is 17.6 Å². The van der Waals surface area contributed by atoms with E-state index in [9.17, 15) is 9.90 Å². The lowest BCUT2D eigenvalue weighted by molar-refractivity contribution is -0.113. The van der Waals surface area contributed by atoms with Gasteiger partial charge in [-0.25, -0.2) is 9.67 Å². The minimum Gasteiger partial charge on any atom is -0.504 e. The van der Waals surface area contributed by atoms with E-state index in [2.05, 4.69) is 35.0 Å². The van der Waals surface area contributed by atoms with Gasteiger partial charge < -0.3 is 20.9 Å². The molecular formula is C31H49N5O3Si. The van der Waals surface area contributed by atoms with Crippen molar-refractivity contribution in [3.63, 3.8) is 0 Å². The number of rotatable bonds is 10. The van der Waals surface area contributed by atoms with Gasteiger partial charge in [-0.3, -0.25) is 4.79 Å². The highest BCUT2D eigenvalue weighted by Crippen LogP contribution is 2.41. The van der Waals surface area contributed by atoms with Gasteiger partial charge in [-0.15, -0.1) is 0 Å². The summed E-state index contributed by atoms with van der Waals surface area (Å²) >= 11 is 0. The largest absolute Gasteiger partial charge is 0.504 e. The molecule has 220 valence electrons. The Kier molecular flexibility index (Phi) is 10.1. The highest BCUT2D eigenvalue weighted by atomic mass is 28.3. The summed E-state index contributed by atoms with van der Waals surface area (Å²) < 4.78 is 7.76. The Hall–Kier alpha value is -2.65. The molecule has 0 atom stereocenters. The molecule has 2 aliphatic rings. The first-order valence-corrected chi connectivity index (χ1v) is 18.9. The Bertz CT molecular complexity index is 1180. The molecule has 2 saturated carbocycles. The fraction of sp³-hybridized carbons (Fsp3) is 0.645. The van der Waals surface area contributed by atoms with Crippen molar-refractivity contribution < 1.29 is 14.6 Å². The molecule has 2 heterocycles. The third kappa shape index (κ3) is 7.54. The predicted octanol–water partition coefficient (Wildman–Crippen LogP) is 6.89. The van der Waals surface area contributed by atoms with Gasteiger partial charge >= 0.3 is 0 Å². The number of carbonyl (C=O) groups is 1. The number of anilines is 1. The van der Waals surface area contributed by atoms with Crippen molar-refractivity contribution in [3.8, 4) is 16.9 Å². The second kappa shape index (κ2) is 13.3. The van der Waals surface area contributed by atoms with Gasteiger partial charge in [-0.1, -0.05) is 58.2 Å². The third-order valence-electron chi connectivity index (χ3n) is 8.63. The van der Waals surface area contributed by atoms with Crippen LogP contribution in [0.1, 0.15) is 75.6 Å². The maximum Gasteiger partial charge on any atom is 0.272 e. The number of hydrogen-bond acceptors (Lipinski definition) is 6. The fourth-order valence-corrected chi connectivity index (χ4v) is 7.12. The second-order valence-electron chi connectivity index (χ2n) is 13.0. The van der Waals surface area contributed by atoms with E-state index in [1.165, 1.54) is 38.5 Å². The summed E-state index contributed by atoms with van der Waals surface area (Å²) in [6.45, 7) is 12.0. The van der Waals surface area contributed by atoms with E-state index in [4.69, 9.17) is 10.5 Å². The van der Waals surface area contributed by atoms with Crippen molar-refractivity contribution in [2.45, 2.75) is 110 Å². The molecular weight excluding hydrogens is 518 g/mol. The smallest absolute Gasteiger partial charge is 0.272 e. The van der Waals surface area contributed by atoms with Crippen LogP contribution in [-0.4, -0.2) is 40.5 Å². The molecule has 0 saturated heterocycles. The normalized spacial score (nSPS) is 17.1. The average Bonchev–Trinajstić information content (AvgIpc) is 3.21. The molecule has 40 heavy (non-hydrogen) atoms. The van der Waals surface area contributed by atoms with Gasteiger partial charge in [0.2, 0.25) is 0 Å². The Morgan fingerprint density at radius 2 is 1.68 bits per heavy atom. The van der Waals surface area contributed by atoms with Gasteiger partial charge in [0.25, 0.3) is 5.91 Å². The molecule has 2 aromatic rings. The Labute approximate surface area is 240 Å². The molecule has 2 aliphatic carbocycles. The number of nitrogens with two attached hydrogens (primary N) is 1. The summed E-state index contributed by atoms with van der Waals surface area (Å²) in [4.78, 5) is 17.8. The molecule has 4 N–H and O–H groups in total. The molecule has 2 fully saturated rings. The first kappa shape index (κ1) is 30.3. The number of allylic oxidation sites excluding steroid dienone is 1. The van der Waals surface area contributed by atoms with E-state index in [1.54, 1.807) is 12.3 Å². The molecule has 0 unspecified atom stereocenters. The van der Waals surface area contributed by atoms with Crippen molar-refractivity contribution in [3.05, 3.63) is 34.9 Å². The average molecular weight is 568 g/mol. The van der Waals surface area contributed by atoms with E-state index < -0.39 is 8.07 Å². The SMILES string of the molecule is Cc1nn(COCC[Si](C)(C)C)c(C)c1-c1cnc(NC(=O)C(N)=C(C2CCCCC2)C2CCCCC2)c(O)c1. The molecule has 0 aromatic carbocycles. The molecule has 0 aliphatic heterocycles. The van der Waals surface area contributed by atoms with Crippen LogP contribution >= 0.6 is 0 Å². The second-order valence-corrected chi connectivity index (χ2v) is 18.6. The van der Waals surface area contributed by atoms with E-state index in [1.807, 2.05) is 18.5 Å². The summed E-state index contributed by atoms with van der Waals surface area (Å²) in [5.74, 6) is 0.439. The van der Waals surface area contributed by atoms with Crippen LogP contribution in [0.5, 0.6) is 5.75 Å². The zero-order valence-corrected chi connectivity index (χ0v) is 26.2. The summed E-state index contributed by atoms with van der Waals surface area (Å²) in [5.41, 5.74) is 11.5. The number of hydrogen-bond donors (Lipinski definition) is 3. The number of aromatic hydroxyl groups is 1. The number of aromatic nitrogens is 3. The summed E-state index contributed by atoms with van der Waals surface area (Å²) in [6.07, 6.45) is 13.4. The molecule has 4 rings (SSSR count). The van der Waals surface area contributed by atoms with Crippen LogP contribution in [-0.2, 0) is 16.3 Å². The van der Waals surface area contributed by atoms with Gasteiger partial charge in [-0.2, -0.15) is 5.10 Å². The van der Waals surface area contributed by atoms with Gasteiger partial charge in [0.15, 0.2) is 11.6 Å². The molecule has 9 heteroatoms. The molecule has 1 amide bonds. The number of amides is 1. The molecule has 2 aromatic heterocycles. The zero-order valence-electron chi connectivity index (χ0n) is 25.2. The van der Waals surface area contributed by atoms with Crippen molar-refractivity contribution in [2.75, 3.05) is 11.9 Å². The van der Waals surface area contributed by atoms with Crippen LogP contribution in [0.15, 0.2) is 23.5 Å². The minimum atomic E-state index is -1.15. The van der Waals surface area contributed by atoms with E-state index >= 15 is 0 Å². The van der Waals surface area contributed by atoms with E-state index in [0.717, 1.165) is 66.4 Å². The molecule has 0 radical (unpaired) electrons. The van der Waals surface area contributed by atoms with E-state index in [-0.39, 0.29) is 17.5 Å². The summed E-state index contributed by atoms with van der Waals surface area (Å²) in [5, 5.41) is 18.3. The molecule has 8 nitrogen and oxygen atoms in total. The van der Waals surface area contributed by atoms with Gasteiger partial charge in [0.05, 0.1) is 11.4 Å². The molecule has 0 spiro atoms. The lowest BCUT2D eigenvalue weighted by Gasteiger charge is -2.33. The van der Waals surface area contributed by atoms with Crippen LogP contribution in [0.4, 0.5) is 5.82 Å². The van der Waals surface area contributed by atoms with Crippen LogP contribution < -0.4 is 11.1 Å². The van der Waals surface area contributed by atoms with Gasteiger partial charge in [0.1, 0.15) is 6.73 Å². The Morgan fingerprint density at radius 3 is 2.23 bits per heavy atom. The quantitative estimate of drug-likeness (QED) is 0.164. The molecule has 0 bridgehead atoms. The Balaban J connectivity index is 1.50. The van der Waals surface area contributed by atoms with Crippen LogP contribution in [0.25, 0.3) is 11.1 Å². The number of ether oxygens (including phenoxy) is 1. The summed E-state index contributed by atoms with van der Waals surface area (Å²) in [7, 11) is -1.15. The maximum absolute atomic E-state index is 13.4. The number of carbonyl (C=O) groups excluding carboxylic acids is 1. The minimum absolute atomic E-state index is 0.0894. The van der Waals surface area contributed by atoms with Crippen LogP contribution in [0.3, 0.4) is 0 Å².